The number of aliphatic hydroxyl groups is 5. The molecule has 7 atom stereocenters. The van der Waals surface area contributed by atoms with Crippen LogP contribution in [-0.4, -0.2) is 87.5 Å². The largest absolute Gasteiger partial charge is 0.394 e. The van der Waals surface area contributed by atoms with E-state index in [-0.39, 0.29) is 12.5 Å². The standard InChI is InChI=1S/C34H63NO8/c1-3-5-7-9-11-13-14-16-18-20-22-24-30(38)35-27(28(37)23-21-19-17-15-12-10-8-6-4-2)26-42-34-33(41)32(40)31(39)29(25-36)43-34/h9,11,21,23,27-29,31-34,36-37,39-41H,3-8,10,12-20,22,24-26H2,1-2H3,(H,35,38)/b11-9-,23-21+. The molecule has 0 saturated carbocycles. The second-order valence-corrected chi connectivity index (χ2v) is 12.0. The summed E-state index contributed by atoms with van der Waals surface area (Å²) in [5.41, 5.74) is 0. The number of ether oxygens (including phenoxy) is 2. The van der Waals surface area contributed by atoms with E-state index >= 15 is 0 Å². The molecule has 0 radical (unpaired) electrons. The van der Waals surface area contributed by atoms with Gasteiger partial charge in [0.25, 0.3) is 0 Å². The highest BCUT2D eigenvalue weighted by Crippen LogP contribution is 2.22. The molecular formula is C34H63NO8. The van der Waals surface area contributed by atoms with Gasteiger partial charge in [-0.1, -0.05) is 109 Å². The van der Waals surface area contributed by atoms with E-state index < -0.39 is 49.5 Å². The highest BCUT2D eigenvalue weighted by molar-refractivity contribution is 5.76. The van der Waals surface area contributed by atoms with Crippen molar-refractivity contribution in [1.82, 2.24) is 5.32 Å². The summed E-state index contributed by atoms with van der Waals surface area (Å²) >= 11 is 0. The third-order valence-corrected chi connectivity index (χ3v) is 8.02. The molecule has 0 aliphatic carbocycles. The fraction of sp³-hybridized carbons (Fsp3) is 0.853. The van der Waals surface area contributed by atoms with Crippen LogP contribution in [0.4, 0.5) is 0 Å². The van der Waals surface area contributed by atoms with Gasteiger partial charge in [-0.2, -0.15) is 0 Å². The van der Waals surface area contributed by atoms with Crippen molar-refractivity contribution in [3.8, 4) is 0 Å². The van der Waals surface area contributed by atoms with Gasteiger partial charge in [0, 0.05) is 6.42 Å². The van der Waals surface area contributed by atoms with Crippen molar-refractivity contribution in [3.05, 3.63) is 24.3 Å². The first-order chi connectivity index (χ1) is 20.8. The van der Waals surface area contributed by atoms with E-state index in [1.54, 1.807) is 6.08 Å². The zero-order valence-electron chi connectivity index (χ0n) is 27.0. The van der Waals surface area contributed by atoms with Crippen LogP contribution in [-0.2, 0) is 14.3 Å². The van der Waals surface area contributed by atoms with Gasteiger partial charge in [-0.15, -0.1) is 0 Å². The molecule has 1 aliphatic rings. The summed E-state index contributed by atoms with van der Waals surface area (Å²) in [4.78, 5) is 12.8. The maximum Gasteiger partial charge on any atom is 0.220 e. The molecule has 252 valence electrons. The molecule has 9 heteroatoms. The summed E-state index contributed by atoms with van der Waals surface area (Å²) in [6, 6.07) is -0.801. The van der Waals surface area contributed by atoms with Gasteiger partial charge in [0.1, 0.15) is 24.4 Å². The number of unbranched alkanes of at least 4 members (excludes halogenated alkanes) is 14. The van der Waals surface area contributed by atoms with Crippen molar-refractivity contribution in [1.29, 1.82) is 0 Å². The smallest absolute Gasteiger partial charge is 0.220 e. The zero-order valence-corrected chi connectivity index (χ0v) is 27.0. The minimum Gasteiger partial charge on any atom is -0.394 e. The minimum absolute atomic E-state index is 0.191. The number of carbonyl (C=O) groups is 1. The van der Waals surface area contributed by atoms with Crippen LogP contribution in [0.1, 0.15) is 129 Å². The van der Waals surface area contributed by atoms with Gasteiger partial charge >= 0.3 is 0 Å². The average Bonchev–Trinajstić information content (AvgIpc) is 3.00. The van der Waals surface area contributed by atoms with Crippen LogP contribution in [0.2, 0.25) is 0 Å². The van der Waals surface area contributed by atoms with E-state index in [0.717, 1.165) is 64.2 Å². The molecule has 9 nitrogen and oxygen atoms in total. The number of carbonyl (C=O) groups excluding carboxylic acids is 1. The molecule has 1 amide bonds. The molecule has 7 unspecified atom stereocenters. The van der Waals surface area contributed by atoms with E-state index in [4.69, 9.17) is 9.47 Å². The second-order valence-electron chi connectivity index (χ2n) is 12.0. The van der Waals surface area contributed by atoms with E-state index in [1.807, 2.05) is 6.08 Å². The molecule has 0 spiro atoms. The average molecular weight is 614 g/mol. The molecule has 0 bridgehead atoms. The number of amides is 1. The van der Waals surface area contributed by atoms with E-state index in [9.17, 15) is 30.3 Å². The Morgan fingerprint density at radius 1 is 0.767 bits per heavy atom. The fourth-order valence-electron chi connectivity index (χ4n) is 5.13. The first kappa shape index (κ1) is 39.7. The Morgan fingerprint density at radius 3 is 1.95 bits per heavy atom. The predicted octanol–water partition coefficient (Wildman–Crippen LogP) is 4.82. The Morgan fingerprint density at radius 2 is 1.33 bits per heavy atom. The molecule has 6 N–H and O–H groups in total. The lowest BCUT2D eigenvalue weighted by atomic mass is 9.99. The third-order valence-electron chi connectivity index (χ3n) is 8.02. The minimum atomic E-state index is -1.56. The highest BCUT2D eigenvalue weighted by Gasteiger charge is 2.44. The van der Waals surface area contributed by atoms with E-state index in [0.29, 0.717) is 6.42 Å². The van der Waals surface area contributed by atoms with Gasteiger partial charge in [0.2, 0.25) is 5.91 Å². The maximum absolute atomic E-state index is 12.8. The highest BCUT2D eigenvalue weighted by atomic mass is 16.7. The lowest BCUT2D eigenvalue weighted by Crippen LogP contribution is -2.60. The Balaban J connectivity index is 2.53. The normalized spacial score (nSPS) is 24.1. The molecule has 1 rings (SSSR count). The van der Waals surface area contributed by atoms with Crippen molar-refractivity contribution >= 4 is 5.91 Å². The first-order valence-electron chi connectivity index (χ1n) is 17.1. The van der Waals surface area contributed by atoms with Crippen LogP contribution in [0.3, 0.4) is 0 Å². The van der Waals surface area contributed by atoms with Crippen LogP contribution in [0, 0.1) is 0 Å². The van der Waals surface area contributed by atoms with Crippen LogP contribution in [0.25, 0.3) is 0 Å². The molecule has 43 heavy (non-hydrogen) atoms. The number of aliphatic hydroxyl groups excluding tert-OH is 5. The number of hydrogen-bond acceptors (Lipinski definition) is 8. The first-order valence-corrected chi connectivity index (χ1v) is 17.1. The molecule has 0 aromatic carbocycles. The molecule has 1 aliphatic heterocycles. The summed E-state index contributed by atoms with van der Waals surface area (Å²) in [6.07, 6.45) is 19.4. The van der Waals surface area contributed by atoms with Crippen molar-refractivity contribution < 1.29 is 39.8 Å². The SMILES string of the molecule is CCCC/C=C\CCCCCCCC(=O)NC(COC1OC(CO)C(O)C(O)C1O)C(O)/C=C/CCCCCCCCC. The lowest BCUT2D eigenvalue weighted by Gasteiger charge is -2.40. The number of rotatable bonds is 26. The monoisotopic (exact) mass is 613 g/mol. The number of nitrogens with one attached hydrogen (secondary N) is 1. The molecule has 1 saturated heterocycles. The molecule has 0 aromatic rings. The molecule has 1 fully saturated rings. The Labute approximate surface area is 260 Å². The van der Waals surface area contributed by atoms with E-state index in [2.05, 4.69) is 31.3 Å². The van der Waals surface area contributed by atoms with Gasteiger partial charge in [-0.25, -0.2) is 0 Å². The van der Waals surface area contributed by atoms with Gasteiger partial charge in [0.05, 0.1) is 25.4 Å². The van der Waals surface area contributed by atoms with Crippen molar-refractivity contribution in [3.63, 3.8) is 0 Å². The molecule has 0 aromatic heterocycles. The molecule has 1 heterocycles. The maximum atomic E-state index is 12.8. The molecular weight excluding hydrogens is 550 g/mol. The lowest BCUT2D eigenvalue weighted by molar-refractivity contribution is -0.302. The van der Waals surface area contributed by atoms with Crippen LogP contribution in [0.15, 0.2) is 24.3 Å². The quantitative estimate of drug-likeness (QED) is 0.0601. The predicted molar refractivity (Wildman–Crippen MR) is 170 cm³/mol. The van der Waals surface area contributed by atoms with Crippen molar-refractivity contribution in [2.75, 3.05) is 13.2 Å². The van der Waals surface area contributed by atoms with E-state index in [1.165, 1.54) is 44.9 Å². The summed E-state index contributed by atoms with van der Waals surface area (Å²) in [6.45, 7) is 3.65. The van der Waals surface area contributed by atoms with Crippen molar-refractivity contribution in [2.45, 2.75) is 172 Å². The van der Waals surface area contributed by atoms with Gasteiger partial charge in [0.15, 0.2) is 6.29 Å². The van der Waals surface area contributed by atoms with Crippen molar-refractivity contribution in [2.24, 2.45) is 0 Å². The Hall–Kier alpha value is -1.33. The topological polar surface area (TPSA) is 149 Å². The second kappa shape index (κ2) is 25.9. The van der Waals surface area contributed by atoms with Crippen LogP contribution < -0.4 is 5.32 Å². The summed E-state index contributed by atoms with van der Waals surface area (Å²) in [5.74, 6) is -0.194. The summed E-state index contributed by atoms with van der Waals surface area (Å²) in [7, 11) is 0. The fourth-order valence-corrected chi connectivity index (χ4v) is 5.13. The van der Waals surface area contributed by atoms with Gasteiger partial charge in [-0.05, 0) is 38.5 Å². The number of allylic oxidation sites excluding steroid dienone is 3. The zero-order chi connectivity index (χ0) is 31.7. The summed E-state index contributed by atoms with van der Waals surface area (Å²) < 4.78 is 11.1. The summed E-state index contributed by atoms with van der Waals surface area (Å²) in [5, 5.41) is 53.6. The van der Waals surface area contributed by atoms with Gasteiger partial charge in [-0.3, -0.25) is 4.79 Å². The van der Waals surface area contributed by atoms with Gasteiger partial charge < -0.3 is 40.3 Å². The van der Waals surface area contributed by atoms with Crippen LogP contribution >= 0.6 is 0 Å². The Bertz CT molecular complexity index is 731. The van der Waals surface area contributed by atoms with Crippen LogP contribution in [0.5, 0.6) is 0 Å². The third kappa shape index (κ3) is 18.3. The Kier molecular flexibility index (Phi) is 23.9. The number of hydrogen-bond donors (Lipinski definition) is 6.